The van der Waals surface area contributed by atoms with Gasteiger partial charge < -0.3 is 11.1 Å². The van der Waals surface area contributed by atoms with Crippen molar-refractivity contribution in [3.05, 3.63) is 23.8 Å². The van der Waals surface area contributed by atoms with Gasteiger partial charge in [0.05, 0.1) is 0 Å². The summed E-state index contributed by atoms with van der Waals surface area (Å²) in [4.78, 5) is 0. The lowest BCUT2D eigenvalue weighted by Crippen LogP contribution is -2.30. The maximum Gasteiger partial charge on any atom is 0.0392 e. The Labute approximate surface area is 105 Å². The van der Waals surface area contributed by atoms with Crippen LogP contribution in [0.25, 0.3) is 0 Å². The molecule has 0 aromatic heterocycles. The Morgan fingerprint density at radius 1 is 1.24 bits per heavy atom. The van der Waals surface area contributed by atoms with Crippen LogP contribution in [0.5, 0.6) is 0 Å². The van der Waals surface area contributed by atoms with Gasteiger partial charge in [0.25, 0.3) is 0 Å². The fourth-order valence-corrected chi connectivity index (χ4v) is 2.56. The molecule has 2 rings (SSSR count). The summed E-state index contributed by atoms with van der Waals surface area (Å²) in [5, 5.41) is 3.65. The summed E-state index contributed by atoms with van der Waals surface area (Å²) in [7, 11) is 0. The molecule has 0 saturated heterocycles. The van der Waals surface area contributed by atoms with Crippen LogP contribution in [-0.2, 0) is 0 Å². The minimum atomic E-state index is 0.531. The molecule has 2 nitrogen and oxygen atoms in total. The van der Waals surface area contributed by atoms with E-state index in [4.69, 9.17) is 5.73 Å². The molecule has 0 atom stereocenters. The molecule has 0 spiro atoms. The van der Waals surface area contributed by atoms with Crippen molar-refractivity contribution in [3.8, 4) is 0 Å². The van der Waals surface area contributed by atoms with Crippen LogP contribution in [0.15, 0.2) is 18.2 Å². The molecule has 0 bridgehead atoms. The molecule has 1 fully saturated rings. The topological polar surface area (TPSA) is 38.0 Å². The van der Waals surface area contributed by atoms with Gasteiger partial charge in [-0.25, -0.2) is 0 Å². The van der Waals surface area contributed by atoms with Crippen LogP contribution in [0.2, 0.25) is 0 Å². The van der Waals surface area contributed by atoms with Gasteiger partial charge in [-0.2, -0.15) is 0 Å². The molecule has 0 aliphatic heterocycles. The minimum Gasteiger partial charge on any atom is -0.399 e. The highest BCUT2D eigenvalue weighted by Crippen LogP contribution is 2.36. The van der Waals surface area contributed by atoms with E-state index in [0.717, 1.165) is 5.69 Å². The van der Waals surface area contributed by atoms with Crippen molar-refractivity contribution < 1.29 is 0 Å². The van der Waals surface area contributed by atoms with E-state index < -0.39 is 0 Å². The lowest BCUT2D eigenvalue weighted by molar-refractivity contribution is 0.232. The highest BCUT2D eigenvalue weighted by molar-refractivity contribution is 5.59. The lowest BCUT2D eigenvalue weighted by atomic mass is 9.75. The number of nitrogens with one attached hydrogen (secondary N) is 1. The number of rotatable bonds is 2. The third-order valence-electron chi connectivity index (χ3n) is 3.96. The first kappa shape index (κ1) is 12.3. The minimum absolute atomic E-state index is 0.531. The molecule has 17 heavy (non-hydrogen) atoms. The summed E-state index contributed by atoms with van der Waals surface area (Å²) in [5.41, 5.74) is 9.69. The lowest BCUT2D eigenvalue weighted by Gasteiger charge is -2.35. The number of nitrogens with two attached hydrogens (primary N) is 1. The van der Waals surface area contributed by atoms with Crippen molar-refractivity contribution in [1.82, 2.24) is 0 Å². The second-order valence-electron chi connectivity index (χ2n) is 6.16. The SMILES string of the molecule is Cc1ccc(N)cc1NC1CCC(C)(C)CC1. The van der Waals surface area contributed by atoms with Crippen LogP contribution in [0, 0.1) is 12.3 Å². The van der Waals surface area contributed by atoms with Crippen LogP contribution in [-0.4, -0.2) is 6.04 Å². The van der Waals surface area contributed by atoms with Gasteiger partial charge >= 0.3 is 0 Å². The zero-order valence-electron chi connectivity index (χ0n) is 11.2. The number of anilines is 2. The molecule has 2 heteroatoms. The van der Waals surface area contributed by atoms with E-state index in [-0.39, 0.29) is 0 Å². The first-order valence-electron chi connectivity index (χ1n) is 6.59. The zero-order chi connectivity index (χ0) is 12.5. The Balaban J connectivity index is 2.00. The van der Waals surface area contributed by atoms with Gasteiger partial charge in [0, 0.05) is 17.4 Å². The van der Waals surface area contributed by atoms with E-state index in [9.17, 15) is 0 Å². The smallest absolute Gasteiger partial charge is 0.0392 e. The zero-order valence-corrected chi connectivity index (χ0v) is 11.2. The molecule has 94 valence electrons. The molecular formula is C15H24N2. The third-order valence-corrected chi connectivity index (χ3v) is 3.96. The first-order valence-corrected chi connectivity index (χ1v) is 6.59. The Kier molecular flexibility index (Phi) is 3.32. The fraction of sp³-hybridized carbons (Fsp3) is 0.600. The molecule has 1 aliphatic rings. The van der Waals surface area contributed by atoms with Crippen LogP contribution >= 0.6 is 0 Å². The van der Waals surface area contributed by atoms with Crippen LogP contribution in [0.3, 0.4) is 0 Å². The van der Waals surface area contributed by atoms with Crippen molar-refractivity contribution in [2.24, 2.45) is 5.41 Å². The monoisotopic (exact) mass is 232 g/mol. The molecule has 1 aromatic carbocycles. The summed E-state index contributed by atoms with van der Waals surface area (Å²) in [5.74, 6) is 0. The first-order chi connectivity index (χ1) is 7.96. The van der Waals surface area contributed by atoms with Gasteiger partial charge in [-0.15, -0.1) is 0 Å². The fourth-order valence-electron chi connectivity index (χ4n) is 2.56. The summed E-state index contributed by atoms with van der Waals surface area (Å²) < 4.78 is 0. The van der Waals surface area contributed by atoms with Crippen LogP contribution < -0.4 is 11.1 Å². The van der Waals surface area contributed by atoms with E-state index in [1.807, 2.05) is 6.07 Å². The summed E-state index contributed by atoms with van der Waals surface area (Å²) in [6.45, 7) is 6.87. The van der Waals surface area contributed by atoms with E-state index in [1.165, 1.54) is 36.9 Å². The average molecular weight is 232 g/mol. The normalized spacial score (nSPS) is 20.2. The third kappa shape index (κ3) is 3.15. The van der Waals surface area contributed by atoms with Crippen LogP contribution in [0.4, 0.5) is 11.4 Å². The largest absolute Gasteiger partial charge is 0.399 e. The molecule has 0 radical (unpaired) electrons. The Bertz CT molecular complexity index is 386. The number of hydrogen-bond acceptors (Lipinski definition) is 2. The predicted octanol–water partition coefficient (Wildman–Crippen LogP) is 3.96. The van der Waals surface area contributed by atoms with Gasteiger partial charge in [-0.05, 0) is 55.7 Å². The quantitative estimate of drug-likeness (QED) is 0.757. The highest BCUT2D eigenvalue weighted by atomic mass is 14.9. The van der Waals surface area contributed by atoms with Crippen molar-refractivity contribution in [3.63, 3.8) is 0 Å². The Hall–Kier alpha value is -1.18. The predicted molar refractivity (Wildman–Crippen MR) is 75.3 cm³/mol. The second kappa shape index (κ2) is 4.59. The van der Waals surface area contributed by atoms with Crippen molar-refractivity contribution in [2.45, 2.75) is 52.5 Å². The summed E-state index contributed by atoms with van der Waals surface area (Å²) in [6.07, 6.45) is 5.15. The number of benzene rings is 1. The van der Waals surface area contributed by atoms with E-state index >= 15 is 0 Å². The number of nitrogen functional groups attached to an aromatic ring is 1. The Morgan fingerprint density at radius 2 is 1.88 bits per heavy atom. The van der Waals surface area contributed by atoms with Gasteiger partial charge in [-0.3, -0.25) is 0 Å². The molecule has 1 aliphatic carbocycles. The Morgan fingerprint density at radius 3 is 2.53 bits per heavy atom. The standard InChI is InChI=1S/C15H24N2/c1-11-4-5-12(16)10-14(11)17-13-6-8-15(2,3)9-7-13/h4-5,10,13,17H,6-9,16H2,1-3H3. The average Bonchev–Trinajstić information content (AvgIpc) is 2.26. The summed E-state index contributed by atoms with van der Waals surface area (Å²) in [6, 6.07) is 6.72. The molecule has 0 unspecified atom stereocenters. The number of hydrogen-bond donors (Lipinski definition) is 2. The van der Waals surface area contributed by atoms with E-state index in [2.05, 4.69) is 38.2 Å². The number of aryl methyl sites for hydroxylation is 1. The van der Waals surface area contributed by atoms with E-state index in [0.29, 0.717) is 11.5 Å². The second-order valence-corrected chi connectivity index (χ2v) is 6.16. The van der Waals surface area contributed by atoms with Crippen molar-refractivity contribution >= 4 is 11.4 Å². The molecule has 0 heterocycles. The molecule has 1 aromatic rings. The molecule has 1 saturated carbocycles. The summed E-state index contributed by atoms with van der Waals surface area (Å²) >= 11 is 0. The van der Waals surface area contributed by atoms with Crippen LogP contribution in [0.1, 0.15) is 45.1 Å². The molecular weight excluding hydrogens is 208 g/mol. The molecule has 3 N–H and O–H groups in total. The van der Waals surface area contributed by atoms with Gasteiger partial charge in [0.2, 0.25) is 0 Å². The van der Waals surface area contributed by atoms with Gasteiger partial charge in [0.15, 0.2) is 0 Å². The van der Waals surface area contributed by atoms with E-state index in [1.54, 1.807) is 0 Å². The van der Waals surface area contributed by atoms with Crippen molar-refractivity contribution in [2.75, 3.05) is 11.1 Å². The highest BCUT2D eigenvalue weighted by Gasteiger charge is 2.26. The molecule has 0 amide bonds. The van der Waals surface area contributed by atoms with Gasteiger partial charge in [-0.1, -0.05) is 19.9 Å². The van der Waals surface area contributed by atoms with Crippen molar-refractivity contribution in [1.29, 1.82) is 0 Å². The maximum atomic E-state index is 5.84. The maximum absolute atomic E-state index is 5.84. The van der Waals surface area contributed by atoms with Gasteiger partial charge in [0.1, 0.15) is 0 Å².